The minimum absolute atomic E-state index is 0.184. The van der Waals surface area contributed by atoms with E-state index in [9.17, 15) is 4.39 Å². The maximum absolute atomic E-state index is 12.5. The molecule has 2 fully saturated rings. The van der Waals surface area contributed by atoms with E-state index in [0.29, 0.717) is 18.6 Å². The zero-order valence-electron chi connectivity index (χ0n) is 9.08. The molecule has 82 valence electrons. The molecule has 1 aliphatic heterocycles. The quantitative estimate of drug-likeness (QED) is 0.679. The van der Waals surface area contributed by atoms with Crippen molar-refractivity contribution in [3.8, 4) is 0 Å². The first-order chi connectivity index (χ1) is 6.81. The summed E-state index contributed by atoms with van der Waals surface area (Å²) in [6.07, 6.45) is 5.16. The fourth-order valence-corrected chi connectivity index (χ4v) is 2.66. The fraction of sp³-hybridized carbons (Fsp3) is 1.00. The van der Waals surface area contributed by atoms with Gasteiger partial charge in [0, 0.05) is 25.2 Å². The van der Waals surface area contributed by atoms with Gasteiger partial charge < -0.3 is 4.90 Å². The molecule has 0 N–H and O–H groups in total. The van der Waals surface area contributed by atoms with E-state index in [4.69, 9.17) is 0 Å². The molecular formula is C11H21FN2. The molecule has 1 atom stereocenters. The molecule has 1 saturated carbocycles. The normalized spacial score (nSPS) is 29.8. The van der Waals surface area contributed by atoms with Crippen molar-refractivity contribution < 1.29 is 4.39 Å². The van der Waals surface area contributed by atoms with Crippen molar-refractivity contribution in [1.29, 1.82) is 0 Å². The molecule has 0 spiro atoms. The van der Waals surface area contributed by atoms with Gasteiger partial charge >= 0.3 is 0 Å². The number of hydrogen-bond acceptors (Lipinski definition) is 2. The topological polar surface area (TPSA) is 6.48 Å². The van der Waals surface area contributed by atoms with Crippen LogP contribution in [-0.2, 0) is 0 Å². The van der Waals surface area contributed by atoms with E-state index in [-0.39, 0.29) is 6.67 Å². The molecule has 14 heavy (non-hydrogen) atoms. The summed E-state index contributed by atoms with van der Waals surface area (Å²) in [6, 6.07) is 1.32. The van der Waals surface area contributed by atoms with E-state index in [1.165, 1.54) is 32.2 Å². The van der Waals surface area contributed by atoms with Gasteiger partial charge in [0.05, 0.1) is 0 Å². The zero-order chi connectivity index (χ0) is 9.97. The highest BCUT2D eigenvalue weighted by Crippen LogP contribution is 2.28. The Morgan fingerprint density at radius 2 is 2.07 bits per heavy atom. The summed E-state index contributed by atoms with van der Waals surface area (Å²) < 4.78 is 12.5. The van der Waals surface area contributed by atoms with E-state index in [2.05, 4.69) is 16.8 Å². The highest BCUT2D eigenvalue weighted by atomic mass is 19.1. The Labute approximate surface area is 86.1 Å². The van der Waals surface area contributed by atoms with E-state index in [1.807, 2.05) is 0 Å². The van der Waals surface area contributed by atoms with Crippen molar-refractivity contribution in [3.05, 3.63) is 0 Å². The molecular weight excluding hydrogens is 179 g/mol. The van der Waals surface area contributed by atoms with Crippen LogP contribution in [0.4, 0.5) is 4.39 Å². The first kappa shape index (κ1) is 10.4. The molecule has 0 bridgehead atoms. The van der Waals surface area contributed by atoms with Gasteiger partial charge in [-0.2, -0.15) is 0 Å². The molecule has 0 radical (unpaired) electrons. The van der Waals surface area contributed by atoms with Gasteiger partial charge in [0.1, 0.15) is 6.67 Å². The van der Waals surface area contributed by atoms with Gasteiger partial charge in [-0.1, -0.05) is 6.42 Å². The predicted octanol–water partition coefficient (Wildman–Crippen LogP) is 1.51. The molecule has 1 saturated heterocycles. The number of alkyl halides is 1. The molecule has 0 aromatic heterocycles. The minimum Gasteiger partial charge on any atom is -0.305 e. The van der Waals surface area contributed by atoms with Crippen LogP contribution >= 0.6 is 0 Å². The number of halogens is 1. The highest BCUT2D eigenvalue weighted by Gasteiger charge is 2.33. The summed E-state index contributed by atoms with van der Waals surface area (Å²) in [4.78, 5) is 4.78. The molecule has 1 heterocycles. The van der Waals surface area contributed by atoms with Gasteiger partial charge in [-0.05, 0) is 32.9 Å². The Hall–Kier alpha value is -0.150. The van der Waals surface area contributed by atoms with Gasteiger partial charge in [-0.15, -0.1) is 0 Å². The molecule has 2 aliphatic rings. The molecule has 2 rings (SSSR count). The standard InChI is InChI=1S/C11H21FN2/c1-13-7-5-11(9-13)14(8-6-12)10-3-2-4-10/h10-11H,2-9H2,1H3/t11-/m1/s1. The third-order valence-electron chi connectivity index (χ3n) is 3.72. The van der Waals surface area contributed by atoms with Crippen molar-refractivity contribution in [3.63, 3.8) is 0 Å². The largest absolute Gasteiger partial charge is 0.305 e. The molecule has 3 heteroatoms. The summed E-state index contributed by atoms with van der Waals surface area (Å²) in [5.41, 5.74) is 0. The third kappa shape index (κ3) is 2.09. The fourth-order valence-electron chi connectivity index (χ4n) is 2.66. The van der Waals surface area contributed by atoms with Crippen LogP contribution in [-0.4, -0.2) is 55.2 Å². The molecule has 0 unspecified atom stereocenters. The van der Waals surface area contributed by atoms with Crippen molar-refractivity contribution in [2.75, 3.05) is 33.4 Å². The third-order valence-corrected chi connectivity index (χ3v) is 3.72. The second kappa shape index (κ2) is 4.58. The monoisotopic (exact) mass is 200 g/mol. The highest BCUT2D eigenvalue weighted by molar-refractivity contribution is 4.89. The molecule has 0 aromatic carbocycles. The SMILES string of the molecule is CN1CC[C@@H](N(CCF)C2CCC2)C1. The van der Waals surface area contributed by atoms with Crippen LogP contribution in [0.1, 0.15) is 25.7 Å². The molecule has 2 nitrogen and oxygen atoms in total. The van der Waals surface area contributed by atoms with Crippen LogP contribution < -0.4 is 0 Å². The summed E-state index contributed by atoms with van der Waals surface area (Å²) in [5, 5.41) is 0. The van der Waals surface area contributed by atoms with Crippen LogP contribution in [0, 0.1) is 0 Å². The van der Waals surface area contributed by atoms with Gasteiger partial charge in [0.15, 0.2) is 0 Å². The second-order valence-corrected chi connectivity index (χ2v) is 4.72. The smallest absolute Gasteiger partial charge is 0.102 e. The van der Waals surface area contributed by atoms with E-state index >= 15 is 0 Å². The number of hydrogen-bond donors (Lipinski definition) is 0. The average molecular weight is 200 g/mol. The average Bonchev–Trinajstić information content (AvgIpc) is 2.48. The van der Waals surface area contributed by atoms with E-state index in [0.717, 1.165) is 6.54 Å². The van der Waals surface area contributed by atoms with E-state index < -0.39 is 0 Å². The van der Waals surface area contributed by atoms with Gasteiger partial charge in [-0.3, -0.25) is 4.90 Å². The Morgan fingerprint density at radius 3 is 2.50 bits per heavy atom. The van der Waals surface area contributed by atoms with Crippen LogP contribution in [0.25, 0.3) is 0 Å². The molecule has 0 amide bonds. The van der Waals surface area contributed by atoms with Gasteiger partial charge in [0.25, 0.3) is 0 Å². The number of likely N-dealkylation sites (N-methyl/N-ethyl adjacent to an activating group) is 1. The van der Waals surface area contributed by atoms with Crippen molar-refractivity contribution in [1.82, 2.24) is 9.80 Å². The number of rotatable bonds is 4. The molecule has 0 aromatic rings. The number of likely N-dealkylation sites (tertiary alicyclic amines) is 1. The summed E-state index contributed by atoms with van der Waals surface area (Å²) in [7, 11) is 2.16. The summed E-state index contributed by atoms with van der Waals surface area (Å²) >= 11 is 0. The summed E-state index contributed by atoms with van der Waals surface area (Å²) in [5.74, 6) is 0. The number of nitrogens with zero attached hydrogens (tertiary/aromatic N) is 2. The van der Waals surface area contributed by atoms with Crippen molar-refractivity contribution in [2.45, 2.75) is 37.8 Å². The Balaban J connectivity index is 1.88. The summed E-state index contributed by atoms with van der Waals surface area (Å²) in [6.45, 7) is 2.79. The Bertz CT molecular complexity index is 182. The van der Waals surface area contributed by atoms with Crippen LogP contribution in [0.5, 0.6) is 0 Å². The molecule has 1 aliphatic carbocycles. The first-order valence-electron chi connectivity index (χ1n) is 5.81. The van der Waals surface area contributed by atoms with Crippen molar-refractivity contribution >= 4 is 0 Å². The predicted molar refractivity (Wildman–Crippen MR) is 56.2 cm³/mol. The van der Waals surface area contributed by atoms with Gasteiger partial charge in [-0.25, -0.2) is 4.39 Å². The lowest BCUT2D eigenvalue weighted by Crippen LogP contribution is -2.48. The first-order valence-corrected chi connectivity index (χ1v) is 5.81. The lowest BCUT2D eigenvalue weighted by atomic mass is 9.90. The van der Waals surface area contributed by atoms with Crippen molar-refractivity contribution in [2.24, 2.45) is 0 Å². The van der Waals surface area contributed by atoms with Crippen LogP contribution in [0.3, 0.4) is 0 Å². The van der Waals surface area contributed by atoms with Gasteiger partial charge in [0.2, 0.25) is 0 Å². The maximum atomic E-state index is 12.5. The van der Waals surface area contributed by atoms with Crippen LogP contribution in [0.2, 0.25) is 0 Å². The Kier molecular flexibility index (Phi) is 3.39. The Morgan fingerprint density at radius 1 is 1.29 bits per heavy atom. The van der Waals surface area contributed by atoms with E-state index in [1.54, 1.807) is 0 Å². The maximum Gasteiger partial charge on any atom is 0.102 e. The lowest BCUT2D eigenvalue weighted by Gasteiger charge is -2.40. The minimum atomic E-state index is -0.184. The van der Waals surface area contributed by atoms with Crippen LogP contribution in [0.15, 0.2) is 0 Å². The zero-order valence-corrected chi connectivity index (χ0v) is 9.08. The second-order valence-electron chi connectivity index (χ2n) is 4.72. The lowest BCUT2D eigenvalue weighted by molar-refractivity contribution is 0.0760.